The van der Waals surface area contributed by atoms with Crippen LogP contribution in [0.2, 0.25) is 0 Å². The van der Waals surface area contributed by atoms with Gasteiger partial charge in [-0.3, -0.25) is 20.6 Å². The average Bonchev–Trinajstić information content (AvgIpc) is 3.08. The van der Waals surface area contributed by atoms with Crippen molar-refractivity contribution in [3.63, 3.8) is 0 Å². The first-order valence-corrected chi connectivity index (χ1v) is 7.08. The molecule has 3 N–H and O–H groups in total. The van der Waals surface area contributed by atoms with Crippen molar-refractivity contribution in [2.75, 3.05) is 0 Å². The molecule has 0 saturated heterocycles. The molecule has 1 fully saturated rings. The third-order valence-electron chi connectivity index (χ3n) is 3.81. The third-order valence-corrected chi connectivity index (χ3v) is 4.03. The van der Waals surface area contributed by atoms with Crippen molar-refractivity contribution in [2.45, 2.75) is 18.9 Å². The molecule has 3 atom stereocenters. The standard InChI is InChI=1S/C14H16N4OS/c19-13(11-2-1-5-15-8-11)17-18-14(20)16-12-7-9-3-4-10(12)6-9/h1-5,8-10,12H,6-7H2,(H,17,19)(H2,16,18,20)/t9-,10-,12-/m0/s1. The third kappa shape index (κ3) is 2.80. The van der Waals surface area contributed by atoms with Gasteiger partial charge in [-0.05, 0) is 49.0 Å². The van der Waals surface area contributed by atoms with Crippen molar-refractivity contribution < 1.29 is 4.79 Å². The molecule has 1 heterocycles. The van der Waals surface area contributed by atoms with E-state index < -0.39 is 0 Å². The van der Waals surface area contributed by atoms with Crippen molar-refractivity contribution in [1.29, 1.82) is 0 Å². The van der Waals surface area contributed by atoms with E-state index in [0.29, 0.717) is 28.6 Å². The Balaban J connectivity index is 1.46. The smallest absolute Gasteiger partial charge is 0.271 e. The quantitative estimate of drug-likeness (QED) is 0.433. The van der Waals surface area contributed by atoms with E-state index in [4.69, 9.17) is 12.2 Å². The molecule has 1 aromatic heterocycles. The highest BCUT2D eigenvalue weighted by Gasteiger charge is 2.35. The molecule has 6 heteroatoms. The molecule has 104 valence electrons. The molecule has 20 heavy (non-hydrogen) atoms. The van der Waals surface area contributed by atoms with E-state index in [1.165, 1.54) is 12.6 Å². The Morgan fingerprint density at radius 2 is 2.20 bits per heavy atom. The first-order chi connectivity index (χ1) is 9.72. The maximum atomic E-state index is 11.8. The Bertz CT molecular complexity index is 545. The van der Waals surface area contributed by atoms with Crippen molar-refractivity contribution in [3.8, 4) is 0 Å². The molecular formula is C14H16N4OS. The summed E-state index contributed by atoms with van der Waals surface area (Å²) in [5.41, 5.74) is 5.79. The minimum atomic E-state index is -0.255. The van der Waals surface area contributed by atoms with E-state index in [1.807, 2.05) is 0 Å². The van der Waals surface area contributed by atoms with E-state index in [2.05, 4.69) is 33.3 Å². The van der Waals surface area contributed by atoms with Gasteiger partial charge in [0.25, 0.3) is 5.91 Å². The molecule has 5 nitrogen and oxygen atoms in total. The second kappa shape index (κ2) is 5.58. The molecule has 2 aliphatic carbocycles. The summed E-state index contributed by atoms with van der Waals surface area (Å²) in [7, 11) is 0. The van der Waals surface area contributed by atoms with Gasteiger partial charge in [0.1, 0.15) is 0 Å². The number of hydrazine groups is 1. The number of carbonyl (C=O) groups excluding carboxylic acids is 1. The van der Waals surface area contributed by atoms with Crippen LogP contribution in [0.4, 0.5) is 0 Å². The van der Waals surface area contributed by atoms with Crippen molar-refractivity contribution >= 4 is 23.2 Å². The Hall–Kier alpha value is -1.95. The summed E-state index contributed by atoms with van der Waals surface area (Å²) in [5, 5.41) is 3.71. The van der Waals surface area contributed by atoms with E-state index in [1.54, 1.807) is 18.3 Å². The predicted octanol–water partition coefficient (Wildman–Crippen LogP) is 1.16. The second-order valence-corrected chi connectivity index (χ2v) is 5.59. The summed E-state index contributed by atoms with van der Waals surface area (Å²) in [6.45, 7) is 0. The summed E-state index contributed by atoms with van der Waals surface area (Å²) in [4.78, 5) is 15.7. The van der Waals surface area contributed by atoms with Gasteiger partial charge in [-0.1, -0.05) is 12.2 Å². The molecule has 0 aliphatic heterocycles. The summed E-state index contributed by atoms with van der Waals surface area (Å²) < 4.78 is 0. The summed E-state index contributed by atoms with van der Waals surface area (Å²) >= 11 is 5.20. The van der Waals surface area contributed by atoms with E-state index in [9.17, 15) is 4.79 Å². The molecule has 1 saturated carbocycles. The number of rotatable bonds is 2. The summed E-state index contributed by atoms with van der Waals surface area (Å²) in [5.74, 6) is 0.995. The second-order valence-electron chi connectivity index (χ2n) is 5.18. The molecule has 1 aromatic rings. The van der Waals surface area contributed by atoms with Crippen LogP contribution >= 0.6 is 12.2 Å². The number of pyridine rings is 1. The maximum absolute atomic E-state index is 11.8. The molecule has 2 bridgehead atoms. The van der Waals surface area contributed by atoms with Gasteiger partial charge in [-0.15, -0.1) is 0 Å². The first-order valence-electron chi connectivity index (χ1n) is 6.67. The van der Waals surface area contributed by atoms with E-state index in [-0.39, 0.29) is 5.91 Å². The summed E-state index contributed by atoms with van der Waals surface area (Å²) in [6, 6.07) is 3.79. The Labute approximate surface area is 122 Å². The fourth-order valence-corrected chi connectivity index (χ4v) is 3.04. The van der Waals surface area contributed by atoms with Crippen LogP contribution in [0, 0.1) is 11.8 Å². The zero-order valence-corrected chi connectivity index (χ0v) is 11.7. The number of carbonyl (C=O) groups is 1. The minimum Gasteiger partial charge on any atom is -0.358 e. The lowest BCUT2D eigenvalue weighted by Gasteiger charge is -2.21. The Kier molecular flexibility index (Phi) is 3.64. The number of nitrogens with zero attached hydrogens (tertiary/aromatic N) is 1. The Morgan fingerprint density at radius 3 is 2.85 bits per heavy atom. The molecule has 0 unspecified atom stereocenters. The number of thiocarbonyl (C=S) groups is 1. The van der Waals surface area contributed by atoms with Gasteiger partial charge in [-0.25, -0.2) is 0 Å². The van der Waals surface area contributed by atoms with Crippen molar-refractivity contribution in [1.82, 2.24) is 21.2 Å². The number of allylic oxidation sites excluding steroid dienone is 1. The van der Waals surface area contributed by atoms with Gasteiger partial charge in [0, 0.05) is 18.4 Å². The molecular weight excluding hydrogens is 272 g/mol. The maximum Gasteiger partial charge on any atom is 0.271 e. The van der Waals surface area contributed by atoms with E-state index >= 15 is 0 Å². The fraction of sp³-hybridized carbons (Fsp3) is 0.357. The Morgan fingerprint density at radius 1 is 1.30 bits per heavy atom. The number of hydrogen-bond acceptors (Lipinski definition) is 3. The SMILES string of the molecule is O=C(NNC(=S)N[C@H]1C[C@H]2C=C[C@H]1C2)c1cccnc1. The molecule has 2 aliphatic rings. The van der Waals surface area contributed by atoms with Crippen LogP contribution in [0.3, 0.4) is 0 Å². The number of fused-ring (bicyclic) bond motifs is 2. The molecule has 0 aromatic carbocycles. The van der Waals surface area contributed by atoms with Crippen LogP contribution in [-0.4, -0.2) is 22.0 Å². The number of aromatic nitrogens is 1. The van der Waals surface area contributed by atoms with Gasteiger partial charge in [0.05, 0.1) is 5.56 Å². The van der Waals surface area contributed by atoms with Gasteiger partial charge in [0.2, 0.25) is 0 Å². The lowest BCUT2D eigenvalue weighted by Crippen LogP contribution is -2.50. The first kappa shape index (κ1) is 13.1. The van der Waals surface area contributed by atoms with Crippen LogP contribution in [0.25, 0.3) is 0 Å². The highest BCUT2D eigenvalue weighted by Crippen LogP contribution is 2.38. The topological polar surface area (TPSA) is 66.1 Å². The average molecular weight is 288 g/mol. The molecule has 0 spiro atoms. The van der Waals surface area contributed by atoms with Crippen LogP contribution in [0.1, 0.15) is 23.2 Å². The predicted molar refractivity (Wildman–Crippen MR) is 79.7 cm³/mol. The number of amides is 1. The van der Waals surface area contributed by atoms with Crippen LogP contribution in [0.5, 0.6) is 0 Å². The van der Waals surface area contributed by atoms with Crippen molar-refractivity contribution in [2.24, 2.45) is 11.8 Å². The fourth-order valence-electron chi connectivity index (χ4n) is 2.83. The lowest BCUT2D eigenvalue weighted by molar-refractivity contribution is 0.0943. The molecule has 1 amide bonds. The highest BCUT2D eigenvalue weighted by atomic mass is 32.1. The summed E-state index contributed by atoms with van der Waals surface area (Å²) in [6.07, 6.45) is 9.99. The largest absolute Gasteiger partial charge is 0.358 e. The van der Waals surface area contributed by atoms with Crippen LogP contribution in [0.15, 0.2) is 36.7 Å². The molecule has 3 rings (SSSR count). The lowest BCUT2D eigenvalue weighted by atomic mass is 10.0. The molecule has 0 radical (unpaired) electrons. The number of hydrogen-bond donors (Lipinski definition) is 3. The monoisotopic (exact) mass is 288 g/mol. The zero-order chi connectivity index (χ0) is 13.9. The van der Waals surface area contributed by atoms with Crippen LogP contribution in [-0.2, 0) is 0 Å². The van der Waals surface area contributed by atoms with Gasteiger partial charge in [-0.2, -0.15) is 0 Å². The van der Waals surface area contributed by atoms with E-state index in [0.717, 1.165) is 6.42 Å². The van der Waals surface area contributed by atoms with Gasteiger partial charge >= 0.3 is 0 Å². The van der Waals surface area contributed by atoms with Gasteiger partial charge in [0.15, 0.2) is 5.11 Å². The van der Waals surface area contributed by atoms with Gasteiger partial charge < -0.3 is 5.32 Å². The number of nitrogens with one attached hydrogen (secondary N) is 3. The normalized spacial score (nSPS) is 26.3. The zero-order valence-electron chi connectivity index (χ0n) is 10.9. The van der Waals surface area contributed by atoms with Crippen molar-refractivity contribution in [3.05, 3.63) is 42.2 Å². The highest BCUT2D eigenvalue weighted by molar-refractivity contribution is 7.80. The minimum absolute atomic E-state index is 0.255. The van der Waals surface area contributed by atoms with Crippen LogP contribution < -0.4 is 16.2 Å².